The third-order valence-corrected chi connectivity index (χ3v) is 6.23. The van der Waals surface area contributed by atoms with Crippen molar-refractivity contribution in [2.24, 2.45) is 22.2 Å². The van der Waals surface area contributed by atoms with E-state index in [0.717, 1.165) is 5.56 Å². The first-order valence-electron chi connectivity index (χ1n) is 10.3. The number of nitrogens with two attached hydrogens (primary N) is 3. The summed E-state index contributed by atoms with van der Waals surface area (Å²) in [7, 11) is -4.16. The molecule has 0 spiro atoms. The molecule has 0 aromatic heterocycles. The Bertz CT molecular complexity index is 1170. The Morgan fingerprint density at radius 1 is 1.03 bits per heavy atom. The third kappa shape index (κ3) is 8.19. The molecule has 11 nitrogen and oxygen atoms in total. The number of sulfonamides is 1. The van der Waals surface area contributed by atoms with Crippen molar-refractivity contribution < 1.29 is 18.0 Å². The SMILES string of the molecule is [C-]#[N+]c1cccc(S(=O)(=O)N[C@@H](CCCN=C(N)N)C(=O)N[C@@H](Cc2ccccc2)C(N)=O)c1. The first-order chi connectivity index (χ1) is 16.1. The second-order valence-electron chi connectivity index (χ2n) is 7.39. The molecule has 0 aliphatic heterocycles. The highest BCUT2D eigenvalue weighted by molar-refractivity contribution is 7.89. The molecule has 2 aromatic rings. The number of carbonyl (C=O) groups excluding carboxylic acids is 2. The fraction of sp³-hybridized carbons (Fsp3) is 0.273. The number of nitrogens with zero attached hydrogens (tertiary/aromatic N) is 2. The van der Waals surface area contributed by atoms with E-state index in [1.807, 2.05) is 6.07 Å². The summed E-state index contributed by atoms with van der Waals surface area (Å²) in [6.07, 6.45) is 0.462. The van der Waals surface area contributed by atoms with Gasteiger partial charge in [-0.3, -0.25) is 14.6 Å². The van der Waals surface area contributed by atoms with Gasteiger partial charge in [0.15, 0.2) is 11.6 Å². The molecular formula is C22H27N7O4S. The summed E-state index contributed by atoms with van der Waals surface area (Å²) in [6.45, 7) is 7.25. The Morgan fingerprint density at radius 2 is 1.74 bits per heavy atom. The first kappa shape index (κ1) is 26.3. The molecule has 2 rings (SSSR count). The molecule has 180 valence electrons. The maximum Gasteiger partial charge on any atom is 0.240 e. The number of hydrogen-bond acceptors (Lipinski definition) is 5. The van der Waals surface area contributed by atoms with Crippen LogP contribution in [0.5, 0.6) is 0 Å². The van der Waals surface area contributed by atoms with Crippen LogP contribution >= 0.6 is 0 Å². The van der Waals surface area contributed by atoms with E-state index in [0.29, 0.717) is 0 Å². The number of rotatable bonds is 12. The van der Waals surface area contributed by atoms with Crippen molar-refractivity contribution in [2.75, 3.05) is 6.54 Å². The summed E-state index contributed by atoms with van der Waals surface area (Å²) < 4.78 is 28.2. The van der Waals surface area contributed by atoms with Crippen molar-refractivity contribution in [1.82, 2.24) is 10.0 Å². The maximum absolute atomic E-state index is 13.0. The topological polar surface area (TPSA) is 187 Å². The van der Waals surface area contributed by atoms with Gasteiger partial charge in [0, 0.05) is 13.0 Å². The number of carbonyl (C=O) groups is 2. The molecule has 0 saturated carbocycles. The van der Waals surface area contributed by atoms with Crippen LogP contribution in [0.25, 0.3) is 4.85 Å². The number of nitrogens with one attached hydrogen (secondary N) is 2. The van der Waals surface area contributed by atoms with Gasteiger partial charge in [-0.1, -0.05) is 42.5 Å². The minimum Gasteiger partial charge on any atom is -0.370 e. The zero-order chi connectivity index (χ0) is 25.1. The van der Waals surface area contributed by atoms with Gasteiger partial charge < -0.3 is 22.5 Å². The first-order valence-corrected chi connectivity index (χ1v) is 11.8. The molecule has 0 heterocycles. The van der Waals surface area contributed by atoms with Crippen molar-refractivity contribution in [3.05, 3.63) is 71.6 Å². The van der Waals surface area contributed by atoms with Gasteiger partial charge in [-0.25, -0.2) is 13.3 Å². The van der Waals surface area contributed by atoms with E-state index >= 15 is 0 Å². The second-order valence-corrected chi connectivity index (χ2v) is 9.10. The average Bonchev–Trinajstić information content (AvgIpc) is 2.81. The van der Waals surface area contributed by atoms with Crippen LogP contribution in [-0.4, -0.2) is 44.8 Å². The number of benzene rings is 2. The highest BCUT2D eigenvalue weighted by Crippen LogP contribution is 2.18. The smallest absolute Gasteiger partial charge is 0.240 e. The summed E-state index contributed by atoms with van der Waals surface area (Å²) in [5.74, 6) is -1.62. The molecule has 2 amide bonds. The van der Waals surface area contributed by atoms with E-state index < -0.39 is 33.9 Å². The minimum atomic E-state index is -4.16. The lowest BCUT2D eigenvalue weighted by molar-refractivity contribution is -0.128. The molecular weight excluding hydrogens is 458 g/mol. The summed E-state index contributed by atoms with van der Waals surface area (Å²) in [5, 5.41) is 2.54. The van der Waals surface area contributed by atoms with Crippen LogP contribution in [0.4, 0.5) is 5.69 Å². The van der Waals surface area contributed by atoms with Gasteiger partial charge in [-0.15, -0.1) is 0 Å². The largest absolute Gasteiger partial charge is 0.370 e. The van der Waals surface area contributed by atoms with Gasteiger partial charge >= 0.3 is 0 Å². The Hall–Kier alpha value is -3.95. The second kappa shape index (κ2) is 12.3. The molecule has 0 saturated heterocycles. The van der Waals surface area contributed by atoms with Crippen molar-refractivity contribution >= 4 is 33.5 Å². The average molecular weight is 486 g/mol. The number of primary amides is 1. The lowest BCUT2D eigenvalue weighted by atomic mass is 10.0. The predicted molar refractivity (Wildman–Crippen MR) is 128 cm³/mol. The number of guanidine groups is 1. The monoisotopic (exact) mass is 485 g/mol. The Balaban J connectivity index is 2.23. The normalized spacial score (nSPS) is 12.7. The Labute approximate surface area is 198 Å². The van der Waals surface area contributed by atoms with Gasteiger partial charge in [0.05, 0.1) is 11.5 Å². The van der Waals surface area contributed by atoms with Crippen molar-refractivity contribution in [2.45, 2.75) is 36.2 Å². The van der Waals surface area contributed by atoms with E-state index in [1.54, 1.807) is 24.3 Å². The van der Waals surface area contributed by atoms with Gasteiger partial charge in [0.25, 0.3) is 0 Å². The quantitative estimate of drug-likeness (QED) is 0.123. The van der Waals surface area contributed by atoms with Gasteiger partial charge in [-0.2, -0.15) is 4.72 Å². The van der Waals surface area contributed by atoms with Crippen molar-refractivity contribution in [1.29, 1.82) is 0 Å². The molecule has 0 radical (unpaired) electrons. The van der Waals surface area contributed by atoms with E-state index in [4.69, 9.17) is 23.8 Å². The molecule has 2 aromatic carbocycles. The molecule has 8 N–H and O–H groups in total. The van der Waals surface area contributed by atoms with Crippen molar-refractivity contribution in [3.63, 3.8) is 0 Å². The maximum atomic E-state index is 13.0. The summed E-state index contributed by atoms with van der Waals surface area (Å²) in [5.41, 5.74) is 17.0. The van der Waals surface area contributed by atoms with E-state index in [1.165, 1.54) is 24.3 Å². The van der Waals surface area contributed by atoms with Gasteiger partial charge in [-0.05, 0) is 30.5 Å². The Morgan fingerprint density at radius 3 is 2.35 bits per heavy atom. The number of hydrogen-bond donors (Lipinski definition) is 5. The van der Waals surface area contributed by atoms with E-state index in [9.17, 15) is 18.0 Å². The van der Waals surface area contributed by atoms with Crippen LogP contribution in [0, 0.1) is 6.57 Å². The molecule has 0 aliphatic rings. The molecule has 0 aliphatic carbocycles. The molecule has 0 bridgehead atoms. The number of amides is 2. The standard InChI is InChI=1S/C22H27N7O4S/c1-26-16-9-5-10-17(14-16)34(32,33)29-18(11-6-12-27-22(24)25)21(31)28-19(20(23)30)13-15-7-3-2-4-8-15/h2-5,7-10,14,18-19,29H,6,11-13H2,(H2,23,30)(H,28,31)(H4,24,25,27)/t18-,19-/m0/s1. The van der Waals surface area contributed by atoms with Crippen molar-refractivity contribution in [3.8, 4) is 0 Å². The Kier molecular flexibility index (Phi) is 9.54. The minimum absolute atomic E-state index is 0.0428. The molecule has 12 heteroatoms. The van der Waals surface area contributed by atoms with Crippen LogP contribution in [0.1, 0.15) is 18.4 Å². The summed E-state index contributed by atoms with van der Waals surface area (Å²) in [6, 6.07) is 12.1. The van der Waals surface area contributed by atoms with Crippen LogP contribution in [0.15, 0.2) is 64.5 Å². The zero-order valence-electron chi connectivity index (χ0n) is 18.3. The fourth-order valence-electron chi connectivity index (χ4n) is 3.07. The highest BCUT2D eigenvalue weighted by atomic mass is 32.2. The van der Waals surface area contributed by atoms with E-state index in [-0.39, 0.29) is 42.3 Å². The van der Waals surface area contributed by atoms with Crippen LogP contribution in [0.3, 0.4) is 0 Å². The molecule has 2 atom stereocenters. The van der Waals surface area contributed by atoms with E-state index in [2.05, 4.69) is 19.9 Å². The lowest BCUT2D eigenvalue weighted by Gasteiger charge is -2.22. The fourth-order valence-corrected chi connectivity index (χ4v) is 4.34. The van der Waals surface area contributed by atoms with Gasteiger partial charge in [0.2, 0.25) is 21.8 Å². The molecule has 34 heavy (non-hydrogen) atoms. The number of aliphatic imine (C=N–C) groups is 1. The van der Waals surface area contributed by atoms with Crippen LogP contribution < -0.4 is 27.2 Å². The van der Waals surface area contributed by atoms with Gasteiger partial charge in [0.1, 0.15) is 12.1 Å². The highest BCUT2D eigenvalue weighted by Gasteiger charge is 2.28. The molecule has 0 fully saturated rings. The van der Waals surface area contributed by atoms with Crippen LogP contribution in [0.2, 0.25) is 0 Å². The summed E-state index contributed by atoms with van der Waals surface area (Å²) >= 11 is 0. The molecule has 0 unspecified atom stereocenters. The zero-order valence-corrected chi connectivity index (χ0v) is 19.2. The third-order valence-electron chi connectivity index (χ3n) is 4.76. The van der Waals surface area contributed by atoms with Crippen LogP contribution in [-0.2, 0) is 26.0 Å². The lowest BCUT2D eigenvalue weighted by Crippen LogP contribution is -2.53. The summed E-state index contributed by atoms with van der Waals surface area (Å²) in [4.78, 5) is 31.9. The predicted octanol–water partition coefficient (Wildman–Crippen LogP) is 0.151.